The molecule has 1 atom stereocenters. The van der Waals surface area contributed by atoms with E-state index in [1.807, 2.05) is 13.0 Å². The molecule has 0 spiro atoms. The van der Waals surface area contributed by atoms with Crippen molar-refractivity contribution in [3.8, 4) is 5.75 Å². The Morgan fingerprint density at radius 3 is 2.04 bits per heavy atom. The van der Waals surface area contributed by atoms with Gasteiger partial charge in [0, 0.05) is 0 Å². The van der Waals surface area contributed by atoms with Crippen LogP contribution in [0.5, 0.6) is 5.75 Å². The summed E-state index contributed by atoms with van der Waals surface area (Å²) in [6.45, 7) is 10.5. The molecule has 0 aliphatic rings. The fourth-order valence-electron chi connectivity index (χ4n) is 2.54. The zero-order chi connectivity index (χ0) is 17.6. The van der Waals surface area contributed by atoms with Gasteiger partial charge in [-0.2, -0.15) is 0 Å². The first-order chi connectivity index (χ1) is 10.7. The van der Waals surface area contributed by atoms with Gasteiger partial charge in [-0.05, 0) is 53.5 Å². The Kier molecular flexibility index (Phi) is 7.05. The van der Waals surface area contributed by atoms with Crippen LogP contribution in [0, 0.1) is 13.8 Å². The zero-order valence-corrected chi connectivity index (χ0v) is 15.7. The number of aromatic hydroxyl groups is 1. The highest BCUT2D eigenvalue weighted by Crippen LogP contribution is 2.36. The second-order valence-corrected chi connectivity index (χ2v) is 6.91. The molecule has 0 aliphatic heterocycles. The van der Waals surface area contributed by atoms with Crippen molar-refractivity contribution in [2.75, 3.05) is 0 Å². The summed E-state index contributed by atoms with van der Waals surface area (Å²) in [4.78, 5) is 7.10. The van der Waals surface area contributed by atoms with E-state index >= 15 is 0 Å². The largest absolute Gasteiger partial charge is 0.507 e. The molecule has 0 saturated heterocycles. The summed E-state index contributed by atoms with van der Waals surface area (Å²) in [6, 6.07) is 12.7. The summed E-state index contributed by atoms with van der Waals surface area (Å²) in [6.07, 6.45) is 0.914. The van der Waals surface area contributed by atoms with Gasteiger partial charge < -0.3 is 10.00 Å². The number of benzene rings is 2. The molecule has 2 rings (SSSR count). The van der Waals surface area contributed by atoms with Crippen molar-refractivity contribution in [1.29, 1.82) is 0 Å². The smallest absolute Gasteiger partial charge is 0.177 e. The molecule has 2 aromatic carbocycles. The molecule has 2 aromatic rings. The van der Waals surface area contributed by atoms with Gasteiger partial charge in [0.25, 0.3) is 0 Å². The van der Waals surface area contributed by atoms with Gasteiger partial charge in [0.05, 0.1) is 0 Å². The first-order valence-electron chi connectivity index (χ1n) is 7.66. The van der Waals surface area contributed by atoms with Crippen molar-refractivity contribution in [2.45, 2.75) is 46.5 Å². The van der Waals surface area contributed by atoms with Crippen molar-refractivity contribution in [2.24, 2.45) is 0 Å². The fraction of sp³-hybridized carbons (Fsp3) is 0.368. The Bertz CT molecular complexity index is 659. The zero-order valence-electron chi connectivity index (χ0n) is 14.6. The van der Waals surface area contributed by atoms with Gasteiger partial charge in [0.2, 0.25) is 0 Å². The van der Waals surface area contributed by atoms with E-state index in [4.69, 9.17) is 9.46 Å². The fourth-order valence-corrected chi connectivity index (χ4v) is 2.54. The number of hydrogen-bond acceptors (Lipinski definition) is 2. The van der Waals surface area contributed by atoms with Gasteiger partial charge >= 0.3 is 0 Å². The summed E-state index contributed by atoms with van der Waals surface area (Å²) in [5.74, 6) is 0.451. The Morgan fingerprint density at radius 2 is 1.57 bits per heavy atom. The molecule has 0 radical (unpaired) electrons. The van der Waals surface area contributed by atoms with Crippen molar-refractivity contribution >= 4 is 8.69 Å². The predicted molar refractivity (Wildman–Crippen MR) is 98.1 cm³/mol. The molecule has 2 N–H and O–H groups in total. The van der Waals surface area contributed by atoms with Crippen LogP contribution in [-0.4, -0.2) is 10.00 Å². The van der Waals surface area contributed by atoms with E-state index in [2.05, 4.69) is 58.0 Å². The topological polar surface area (TPSA) is 57.5 Å². The molecule has 0 aromatic heterocycles. The highest BCUT2D eigenvalue weighted by Gasteiger charge is 2.21. The molecular weight excluding hydrogens is 307 g/mol. The average Bonchev–Trinajstić information content (AvgIpc) is 2.48. The Hall–Kier alpha value is -1.57. The molecule has 0 bridgehead atoms. The molecule has 0 saturated carbocycles. The molecule has 3 nitrogen and oxygen atoms in total. The molecule has 0 amide bonds. The van der Waals surface area contributed by atoms with E-state index in [1.165, 1.54) is 16.7 Å². The molecule has 0 aliphatic carbocycles. The highest BCUT2D eigenvalue weighted by atomic mass is 31.1. The van der Waals surface area contributed by atoms with Crippen LogP contribution in [0.25, 0.3) is 0 Å². The first-order valence-corrected chi connectivity index (χ1v) is 8.65. The normalized spacial score (nSPS) is 11.4. The second kappa shape index (κ2) is 8.33. The molecule has 23 heavy (non-hydrogen) atoms. The Labute approximate surface area is 140 Å². The van der Waals surface area contributed by atoms with Gasteiger partial charge in [-0.3, -0.25) is 4.57 Å². The minimum Gasteiger partial charge on any atom is -0.507 e. The van der Waals surface area contributed by atoms with Crippen molar-refractivity contribution in [3.05, 3.63) is 64.2 Å². The van der Waals surface area contributed by atoms with Crippen LogP contribution < -0.4 is 0 Å². The maximum Gasteiger partial charge on any atom is 0.177 e. The maximum absolute atomic E-state index is 10.4. The molecular formula is C19H27O3P. The van der Waals surface area contributed by atoms with Crippen molar-refractivity contribution in [3.63, 3.8) is 0 Å². The Balaban J connectivity index is 0.000000816. The molecule has 4 heteroatoms. The van der Waals surface area contributed by atoms with Crippen LogP contribution >= 0.6 is 8.69 Å². The summed E-state index contributed by atoms with van der Waals surface area (Å²) in [7, 11) is -1.50. The van der Waals surface area contributed by atoms with E-state index in [1.54, 1.807) is 0 Å². The second-order valence-electron chi connectivity index (χ2n) is 6.70. The van der Waals surface area contributed by atoms with Crippen LogP contribution in [0.2, 0.25) is 0 Å². The Morgan fingerprint density at radius 1 is 1.04 bits per heavy atom. The summed E-state index contributed by atoms with van der Waals surface area (Å²) < 4.78 is 8.57. The van der Waals surface area contributed by atoms with Gasteiger partial charge in [0.15, 0.2) is 8.69 Å². The molecule has 0 heterocycles. The van der Waals surface area contributed by atoms with Gasteiger partial charge in [-0.25, -0.2) is 0 Å². The lowest BCUT2D eigenvalue weighted by Gasteiger charge is -2.24. The van der Waals surface area contributed by atoms with Crippen LogP contribution in [0.15, 0.2) is 36.4 Å². The number of rotatable bonds is 2. The lowest BCUT2D eigenvalue weighted by Crippen LogP contribution is -2.13. The van der Waals surface area contributed by atoms with Crippen LogP contribution in [-0.2, 0) is 16.4 Å². The minimum atomic E-state index is -1.50. The minimum absolute atomic E-state index is 0.0476. The van der Waals surface area contributed by atoms with E-state index in [0.717, 1.165) is 17.5 Å². The standard InChI is InChI=1S/C19H24O.H3O2P/c1-13-14(2)18(20)17(19(3,4)5)12-16(13)11-15-9-7-6-8-10-15;1-3-2/h6-10,12,20H,11H2,1-5H3;3H2,(H,1,2). The lowest BCUT2D eigenvalue weighted by atomic mass is 9.82. The number of hydrogen-bond donors (Lipinski definition) is 2. The highest BCUT2D eigenvalue weighted by molar-refractivity contribution is 7.16. The van der Waals surface area contributed by atoms with Gasteiger partial charge in [-0.15, -0.1) is 0 Å². The van der Waals surface area contributed by atoms with Crippen LogP contribution in [0.1, 0.15) is 48.6 Å². The average molecular weight is 334 g/mol. The third-order valence-electron chi connectivity index (χ3n) is 4.02. The first kappa shape index (κ1) is 19.5. The van der Waals surface area contributed by atoms with Crippen molar-refractivity contribution in [1.82, 2.24) is 0 Å². The van der Waals surface area contributed by atoms with E-state index in [0.29, 0.717) is 5.75 Å². The lowest BCUT2D eigenvalue weighted by molar-refractivity contribution is 0.442. The van der Waals surface area contributed by atoms with Crippen molar-refractivity contribution < 1.29 is 14.6 Å². The predicted octanol–water partition coefficient (Wildman–Crippen LogP) is 4.55. The molecule has 126 valence electrons. The van der Waals surface area contributed by atoms with E-state index in [-0.39, 0.29) is 5.41 Å². The van der Waals surface area contributed by atoms with Gasteiger partial charge in [-0.1, -0.05) is 57.2 Å². The SMILES string of the molecule is Cc1c(Cc2ccccc2)cc(C(C)(C)C)c(O)c1C.O=[PH2]O. The summed E-state index contributed by atoms with van der Waals surface area (Å²) in [5, 5.41) is 10.4. The quantitative estimate of drug-likeness (QED) is 0.792. The third kappa shape index (κ3) is 5.23. The maximum atomic E-state index is 10.4. The summed E-state index contributed by atoms with van der Waals surface area (Å²) in [5.41, 5.74) is 5.79. The number of phenolic OH excluding ortho intramolecular Hbond substituents is 1. The number of phenols is 1. The van der Waals surface area contributed by atoms with Gasteiger partial charge in [0.1, 0.15) is 5.75 Å². The van der Waals surface area contributed by atoms with Crippen LogP contribution in [0.3, 0.4) is 0 Å². The summed E-state index contributed by atoms with van der Waals surface area (Å²) >= 11 is 0. The van der Waals surface area contributed by atoms with Crippen LogP contribution in [0.4, 0.5) is 0 Å². The van der Waals surface area contributed by atoms with E-state index < -0.39 is 8.69 Å². The molecule has 1 unspecified atom stereocenters. The monoisotopic (exact) mass is 334 g/mol. The molecule has 0 fully saturated rings. The van der Waals surface area contributed by atoms with E-state index in [9.17, 15) is 5.11 Å². The third-order valence-corrected chi connectivity index (χ3v) is 4.02.